The maximum Gasteiger partial charge on any atom is 0.282 e. The predicted octanol–water partition coefficient (Wildman–Crippen LogP) is 2.63. The number of aliphatic hydroxyl groups is 1. The molecule has 1 aromatic heterocycles. The van der Waals surface area contributed by atoms with Crippen molar-refractivity contribution in [3.05, 3.63) is 53.4 Å². The summed E-state index contributed by atoms with van der Waals surface area (Å²) in [6.07, 6.45) is 2.61. The van der Waals surface area contributed by atoms with E-state index in [0.717, 1.165) is 12.3 Å². The average Bonchev–Trinajstić information content (AvgIpc) is 3.40. The maximum atomic E-state index is 14.8. The number of rotatable bonds is 4. The van der Waals surface area contributed by atoms with Crippen molar-refractivity contribution in [2.45, 2.75) is 24.7 Å². The molecule has 2 aliphatic rings. The number of alkyl halides is 1. The summed E-state index contributed by atoms with van der Waals surface area (Å²) in [5.74, 6) is -1.59. The third kappa shape index (κ3) is 2.52. The largest absolute Gasteiger partial charge is 0.462 e. The van der Waals surface area contributed by atoms with Crippen molar-refractivity contribution >= 4 is 6.02 Å². The topological polar surface area (TPSA) is 78.2 Å². The molecule has 1 aromatic carbocycles. The zero-order valence-electron chi connectivity index (χ0n) is 13.6. The van der Waals surface area contributed by atoms with Crippen molar-refractivity contribution in [1.82, 2.24) is 10.3 Å². The lowest BCUT2D eigenvalue weighted by Gasteiger charge is -2.37. The first-order chi connectivity index (χ1) is 12.5. The van der Waals surface area contributed by atoms with Gasteiger partial charge in [-0.15, -0.1) is 0 Å². The fourth-order valence-corrected chi connectivity index (χ4v) is 3.68. The second-order valence-electron chi connectivity index (χ2n) is 6.60. The molecule has 1 aliphatic carbocycles. The lowest BCUT2D eigenvalue weighted by molar-refractivity contribution is 0.128. The number of amidine groups is 1. The normalized spacial score (nSPS) is 26.7. The highest BCUT2D eigenvalue weighted by molar-refractivity contribution is 5.75. The number of nitrogens with zero attached hydrogens (tertiary/aromatic N) is 1. The minimum Gasteiger partial charge on any atom is -0.462 e. The third-order valence-electron chi connectivity index (χ3n) is 5.04. The quantitative estimate of drug-likeness (QED) is 0.780. The number of hydrogen-bond acceptors (Lipinski definition) is 4. The van der Waals surface area contributed by atoms with Crippen molar-refractivity contribution in [1.29, 1.82) is 5.41 Å². The van der Waals surface area contributed by atoms with Gasteiger partial charge in [0.25, 0.3) is 6.02 Å². The molecule has 0 bridgehead atoms. The molecule has 1 unspecified atom stereocenters. The van der Waals surface area contributed by atoms with Crippen LogP contribution in [-0.4, -0.2) is 28.9 Å². The van der Waals surface area contributed by atoms with Crippen LogP contribution >= 0.6 is 0 Å². The molecule has 1 saturated heterocycles. The Morgan fingerprint density at radius 1 is 1.31 bits per heavy atom. The van der Waals surface area contributed by atoms with Gasteiger partial charge in [0.1, 0.15) is 30.0 Å². The number of halogens is 3. The summed E-state index contributed by atoms with van der Waals surface area (Å²) in [6, 6.07) is 3.43. The van der Waals surface area contributed by atoms with E-state index < -0.39 is 30.5 Å². The lowest BCUT2D eigenvalue weighted by Crippen LogP contribution is -2.54. The van der Waals surface area contributed by atoms with E-state index in [1.807, 2.05) is 0 Å². The number of hydrogen-bond donors (Lipinski definition) is 3. The smallest absolute Gasteiger partial charge is 0.282 e. The minimum atomic E-state index is -1.42. The van der Waals surface area contributed by atoms with Gasteiger partial charge in [-0.2, -0.15) is 0 Å². The van der Waals surface area contributed by atoms with E-state index in [9.17, 15) is 18.3 Å². The summed E-state index contributed by atoms with van der Waals surface area (Å²) in [5, 5.41) is 19.9. The third-order valence-corrected chi connectivity index (χ3v) is 5.04. The van der Waals surface area contributed by atoms with Gasteiger partial charge in [0.05, 0.1) is 12.8 Å². The van der Waals surface area contributed by atoms with E-state index in [0.29, 0.717) is 17.5 Å². The van der Waals surface area contributed by atoms with E-state index in [2.05, 4.69) is 10.3 Å². The van der Waals surface area contributed by atoms with E-state index in [1.54, 1.807) is 0 Å². The van der Waals surface area contributed by atoms with Crippen LogP contribution in [0.3, 0.4) is 0 Å². The summed E-state index contributed by atoms with van der Waals surface area (Å²) in [7, 11) is 0. The summed E-state index contributed by atoms with van der Waals surface area (Å²) in [5.41, 5.74) is -0.452. The Morgan fingerprint density at radius 2 is 2.12 bits per heavy atom. The first kappa shape index (κ1) is 16.8. The average molecular weight is 363 g/mol. The fourth-order valence-electron chi connectivity index (χ4n) is 3.68. The highest BCUT2D eigenvalue weighted by Gasteiger charge is 2.60. The van der Waals surface area contributed by atoms with E-state index >= 15 is 0 Å². The van der Waals surface area contributed by atoms with Crippen LogP contribution in [0.2, 0.25) is 0 Å². The van der Waals surface area contributed by atoms with E-state index in [-0.39, 0.29) is 29.2 Å². The number of aliphatic hydroxyl groups excluding tert-OH is 1. The Balaban J connectivity index is 1.89. The Kier molecular flexibility index (Phi) is 3.87. The molecular formula is C18H16F3N3O2. The fraction of sp³-hybridized carbons (Fsp3) is 0.333. The number of ether oxygens (including phenoxy) is 1. The number of pyridine rings is 1. The molecule has 0 spiro atoms. The molecule has 3 N–H and O–H groups in total. The van der Waals surface area contributed by atoms with Gasteiger partial charge in [-0.3, -0.25) is 10.4 Å². The van der Waals surface area contributed by atoms with Crippen LogP contribution in [0.1, 0.15) is 17.5 Å². The van der Waals surface area contributed by atoms with Gasteiger partial charge in [-0.05, 0) is 35.7 Å². The van der Waals surface area contributed by atoms with Crippen LogP contribution in [-0.2, 0) is 16.9 Å². The zero-order chi connectivity index (χ0) is 18.5. The van der Waals surface area contributed by atoms with E-state index in [1.165, 1.54) is 18.3 Å². The number of nitrogens with one attached hydrogen (secondary N) is 2. The van der Waals surface area contributed by atoms with Crippen molar-refractivity contribution in [3.8, 4) is 11.1 Å². The van der Waals surface area contributed by atoms with Gasteiger partial charge < -0.3 is 15.2 Å². The Bertz CT molecular complexity index is 892. The SMILES string of the molecule is N=C1N[C@](CF)(c2cc(-c3cncc(F)c3)c(CO)cc2F)[C@H]2CC2O1. The van der Waals surface area contributed by atoms with Gasteiger partial charge >= 0.3 is 0 Å². The molecule has 2 aromatic rings. The van der Waals surface area contributed by atoms with Gasteiger partial charge in [0, 0.05) is 23.2 Å². The molecule has 5 nitrogen and oxygen atoms in total. The molecule has 4 rings (SSSR count). The van der Waals surface area contributed by atoms with Crippen molar-refractivity contribution < 1.29 is 23.0 Å². The summed E-state index contributed by atoms with van der Waals surface area (Å²) < 4.78 is 47.8. The van der Waals surface area contributed by atoms with Crippen molar-refractivity contribution in [3.63, 3.8) is 0 Å². The highest BCUT2D eigenvalue weighted by Crippen LogP contribution is 2.51. The molecule has 0 amide bonds. The molecule has 2 heterocycles. The van der Waals surface area contributed by atoms with E-state index in [4.69, 9.17) is 10.1 Å². The number of benzene rings is 1. The van der Waals surface area contributed by atoms with Crippen molar-refractivity contribution in [2.75, 3.05) is 6.67 Å². The van der Waals surface area contributed by atoms with Gasteiger partial charge in [0.15, 0.2) is 0 Å². The zero-order valence-corrected chi connectivity index (χ0v) is 13.6. The Labute approximate surface area is 147 Å². The lowest BCUT2D eigenvalue weighted by atomic mass is 9.82. The highest BCUT2D eigenvalue weighted by atomic mass is 19.1. The van der Waals surface area contributed by atoms with Crippen LogP contribution in [0.4, 0.5) is 13.2 Å². The minimum absolute atomic E-state index is 0.0250. The molecular weight excluding hydrogens is 347 g/mol. The van der Waals surface area contributed by atoms with Crippen LogP contribution in [0.5, 0.6) is 0 Å². The molecule has 136 valence electrons. The standard InChI is InChI=1S/C18H16F3N3O2/c19-8-18(14-4-16(14)26-17(22)24-18)13-3-12(10(7-25)2-15(13)21)9-1-11(20)6-23-5-9/h1-3,5-6,14,16,25H,4,7-8H2,(H2,22,24)/t14-,16?,18+/m0/s1. The van der Waals surface area contributed by atoms with Gasteiger partial charge in [-0.1, -0.05) is 0 Å². The summed E-state index contributed by atoms with van der Waals surface area (Å²) >= 11 is 0. The van der Waals surface area contributed by atoms with Crippen LogP contribution < -0.4 is 5.32 Å². The predicted molar refractivity (Wildman–Crippen MR) is 87.0 cm³/mol. The van der Waals surface area contributed by atoms with Gasteiger partial charge in [-0.25, -0.2) is 13.2 Å². The summed E-state index contributed by atoms with van der Waals surface area (Å²) in [4.78, 5) is 3.78. The monoisotopic (exact) mass is 363 g/mol. The molecule has 0 radical (unpaired) electrons. The van der Waals surface area contributed by atoms with Crippen LogP contribution in [0, 0.1) is 23.0 Å². The van der Waals surface area contributed by atoms with Crippen LogP contribution in [0.25, 0.3) is 11.1 Å². The summed E-state index contributed by atoms with van der Waals surface area (Å²) in [6.45, 7) is -1.40. The first-order valence-corrected chi connectivity index (χ1v) is 8.12. The molecule has 1 aliphatic heterocycles. The maximum absolute atomic E-state index is 14.8. The second-order valence-corrected chi connectivity index (χ2v) is 6.60. The van der Waals surface area contributed by atoms with Gasteiger partial charge in [0.2, 0.25) is 0 Å². The molecule has 8 heteroatoms. The molecule has 3 atom stereocenters. The Hall–Kier alpha value is -2.61. The molecule has 26 heavy (non-hydrogen) atoms. The number of aromatic nitrogens is 1. The van der Waals surface area contributed by atoms with Crippen LogP contribution in [0.15, 0.2) is 30.6 Å². The number of fused-ring (bicyclic) bond motifs is 1. The first-order valence-electron chi connectivity index (χ1n) is 8.12. The Morgan fingerprint density at radius 3 is 2.81 bits per heavy atom. The van der Waals surface area contributed by atoms with Crippen molar-refractivity contribution in [2.24, 2.45) is 5.92 Å². The molecule has 1 saturated carbocycles. The molecule has 2 fully saturated rings. The second kappa shape index (κ2) is 5.98.